The predicted octanol–water partition coefficient (Wildman–Crippen LogP) is 1.86. The number of amides is 1. The Hall–Kier alpha value is -1.35. The molecule has 2 rings (SSSR count). The molecule has 3 heteroatoms. The fraction of sp³-hybridized carbons (Fsp3) is 0.533. The number of aryl methyl sites for hydroxylation is 1. The molecule has 0 spiro atoms. The van der Waals surface area contributed by atoms with Crippen LogP contribution in [0.1, 0.15) is 30.9 Å². The molecule has 1 aromatic carbocycles. The van der Waals surface area contributed by atoms with Crippen molar-refractivity contribution >= 4 is 5.91 Å². The average Bonchev–Trinajstić information content (AvgIpc) is 2.46. The highest BCUT2D eigenvalue weighted by atomic mass is 16.1. The largest absolute Gasteiger partial charge is 0.352 e. The fourth-order valence-electron chi connectivity index (χ4n) is 2.48. The van der Waals surface area contributed by atoms with E-state index in [1.54, 1.807) is 0 Å². The quantitative estimate of drug-likeness (QED) is 0.851. The van der Waals surface area contributed by atoms with Crippen LogP contribution < -0.4 is 10.6 Å². The van der Waals surface area contributed by atoms with Crippen molar-refractivity contribution in [2.45, 2.75) is 32.7 Å². The lowest BCUT2D eigenvalue weighted by molar-refractivity contribution is -0.125. The highest BCUT2D eigenvalue weighted by Crippen LogP contribution is 2.12. The Kier molecular flexibility index (Phi) is 4.76. The topological polar surface area (TPSA) is 41.1 Å². The van der Waals surface area contributed by atoms with Crippen LogP contribution >= 0.6 is 0 Å². The lowest BCUT2D eigenvalue weighted by atomic mass is 9.98. The van der Waals surface area contributed by atoms with Crippen molar-refractivity contribution in [1.29, 1.82) is 0 Å². The molecule has 0 aliphatic carbocycles. The molecule has 1 saturated heterocycles. The van der Waals surface area contributed by atoms with Crippen LogP contribution in [-0.2, 0) is 17.8 Å². The Morgan fingerprint density at radius 1 is 1.39 bits per heavy atom. The molecular formula is C15H22N2O. The second-order valence-electron chi connectivity index (χ2n) is 4.88. The van der Waals surface area contributed by atoms with Gasteiger partial charge in [-0.15, -0.1) is 0 Å². The van der Waals surface area contributed by atoms with Gasteiger partial charge in [0.05, 0.1) is 5.92 Å². The van der Waals surface area contributed by atoms with E-state index in [0.717, 1.165) is 32.4 Å². The summed E-state index contributed by atoms with van der Waals surface area (Å²) in [6.45, 7) is 4.66. The van der Waals surface area contributed by atoms with Crippen molar-refractivity contribution in [3.8, 4) is 0 Å². The number of piperidine rings is 1. The van der Waals surface area contributed by atoms with Gasteiger partial charge >= 0.3 is 0 Å². The van der Waals surface area contributed by atoms with Crippen LogP contribution in [0, 0.1) is 5.92 Å². The van der Waals surface area contributed by atoms with Gasteiger partial charge in [0, 0.05) is 13.1 Å². The van der Waals surface area contributed by atoms with E-state index in [9.17, 15) is 4.79 Å². The van der Waals surface area contributed by atoms with Crippen molar-refractivity contribution in [3.05, 3.63) is 35.4 Å². The van der Waals surface area contributed by atoms with Gasteiger partial charge in [0.1, 0.15) is 0 Å². The zero-order valence-electron chi connectivity index (χ0n) is 11.0. The second kappa shape index (κ2) is 6.55. The van der Waals surface area contributed by atoms with Crippen molar-refractivity contribution < 1.29 is 4.79 Å². The molecule has 1 atom stereocenters. The maximum absolute atomic E-state index is 12.0. The van der Waals surface area contributed by atoms with E-state index in [1.165, 1.54) is 11.1 Å². The molecule has 1 amide bonds. The molecule has 18 heavy (non-hydrogen) atoms. The maximum atomic E-state index is 12.0. The van der Waals surface area contributed by atoms with Gasteiger partial charge in [0.15, 0.2) is 0 Å². The molecule has 1 heterocycles. The Morgan fingerprint density at radius 2 is 2.17 bits per heavy atom. The first-order chi connectivity index (χ1) is 8.81. The molecule has 0 radical (unpaired) electrons. The number of rotatable bonds is 4. The molecule has 0 saturated carbocycles. The van der Waals surface area contributed by atoms with Crippen molar-refractivity contribution in [3.63, 3.8) is 0 Å². The lowest BCUT2D eigenvalue weighted by Crippen LogP contribution is -2.40. The molecule has 1 unspecified atom stereocenters. The van der Waals surface area contributed by atoms with Gasteiger partial charge in [-0.05, 0) is 36.9 Å². The summed E-state index contributed by atoms with van der Waals surface area (Å²) in [6, 6.07) is 8.31. The minimum absolute atomic E-state index is 0.146. The van der Waals surface area contributed by atoms with E-state index in [4.69, 9.17) is 0 Å². The summed E-state index contributed by atoms with van der Waals surface area (Å²) >= 11 is 0. The summed E-state index contributed by atoms with van der Waals surface area (Å²) in [5.74, 6) is 0.334. The zero-order chi connectivity index (χ0) is 12.8. The fourth-order valence-corrected chi connectivity index (χ4v) is 2.48. The molecular weight excluding hydrogens is 224 g/mol. The third-order valence-electron chi connectivity index (χ3n) is 3.62. The molecule has 98 valence electrons. The van der Waals surface area contributed by atoms with E-state index in [0.29, 0.717) is 6.54 Å². The molecule has 1 fully saturated rings. The first-order valence-electron chi connectivity index (χ1n) is 6.86. The molecule has 1 aliphatic heterocycles. The van der Waals surface area contributed by atoms with Gasteiger partial charge in [0.2, 0.25) is 5.91 Å². The van der Waals surface area contributed by atoms with Gasteiger partial charge in [-0.2, -0.15) is 0 Å². The monoisotopic (exact) mass is 246 g/mol. The highest BCUT2D eigenvalue weighted by Gasteiger charge is 2.20. The van der Waals surface area contributed by atoms with Crippen LogP contribution in [0.15, 0.2) is 24.3 Å². The van der Waals surface area contributed by atoms with E-state index in [2.05, 4.69) is 35.8 Å². The van der Waals surface area contributed by atoms with Gasteiger partial charge in [-0.3, -0.25) is 4.79 Å². The van der Waals surface area contributed by atoms with E-state index in [-0.39, 0.29) is 11.8 Å². The molecule has 3 nitrogen and oxygen atoms in total. The first kappa shape index (κ1) is 13.1. The number of hydrogen-bond acceptors (Lipinski definition) is 2. The first-order valence-corrected chi connectivity index (χ1v) is 6.86. The van der Waals surface area contributed by atoms with E-state index >= 15 is 0 Å². The summed E-state index contributed by atoms with van der Waals surface area (Å²) < 4.78 is 0. The molecule has 0 bridgehead atoms. The van der Waals surface area contributed by atoms with Crippen LogP contribution in [0.25, 0.3) is 0 Å². The number of nitrogens with one attached hydrogen (secondary N) is 2. The molecule has 0 aromatic heterocycles. The SMILES string of the molecule is CCc1ccccc1CNC(=O)C1CCCNC1. The number of carbonyl (C=O) groups excluding carboxylic acids is 1. The Morgan fingerprint density at radius 3 is 2.83 bits per heavy atom. The number of carbonyl (C=O) groups is 1. The Balaban J connectivity index is 1.88. The maximum Gasteiger partial charge on any atom is 0.224 e. The molecule has 1 aromatic rings. The predicted molar refractivity (Wildman–Crippen MR) is 73.3 cm³/mol. The van der Waals surface area contributed by atoms with Crippen LogP contribution in [-0.4, -0.2) is 19.0 Å². The summed E-state index contributed by atoms with van der Waals surface area (Å²) in [5, 5.41) is 6.34. The summed E-state index contributed by atoms with van der Waals surface area (Å²) in [5.41, 5.74) is 2.55. The van der Waals surface area contributed by atoms with Gasteiger partial charge in [-0.1, -0.05) is 31.2 Å². The number of hydrogen-bond donors (Lipinski definition) is 2. The van der Waals surface area contributed by atoms with Crippen LogP contribution in [0.5, 0.6) is 0 Å². The third kappa shape index (κ3) is 3.33. The second-order valence-corrected chi connectivity index (χ2v) is 4.88. The molecule has 1 aliphatic rings. The smallest absolute Gasteiger partial charge is 0.224 e. The van der Waals surface area contributed by atoms with Gasteiger partial charge in [0.25, 0.3) is 0 Å². The van der Waals surface area contributed by atoms with Crippen LogP contribution in [0.3, 0.4) is 0 Å². The van der Waals surface area contributed by atoms with Crippen LogP contribution in [0.2, 0.25) is 0 Å². The van der Waals surface area contributed by atoms with E-state index < -0.39 is 0 Å². The number of benzene rings is 1. The van der Waals surface area contributed by atoms with Crippen molar-refractivity contribution in [2.24, 2.45) is 5.92 Å². The van der Waals surface area contributed by atoms with Gasteiger partial charge < -0.3 is 10.6 Å². The summed E-state index contributed by atoms with van der Waals surface area (Å²) in [6.07, 6.45) is 3.12. The standard InChI is InChI=1S/C15H22N2O/c1-2-12-6-3-4-7-13(12)11-17-15(18)14-8-5-9-16-10-14/h3-4,6-7,14,16H,2,5,8-11H2,1H3,(H,17,18). The highest BCUT2D eigenvalue weighted by molar-refractivity contribution is 5.79. The lowest BCUT2D eigenvalue weighted by Gasteiger charge is -2.22. The minimum Gasteiger partial charge on any atom is -0.352 e. The Bertz CT molecular complexity index is 397. The summed E-state index contributed by atoms with van der Waals surface area (Å²) in [7, 11) is 0. The van der Waals surface area contributed by atoms with Crippen LogP contribution in [0.4, 0.5) is 0 Å². The Labute approximate surface area is 109 Å². The molecule has 2 N–H and O–H groups in total. The third-order valence-corrected chi connectivity index (χ3v) is 3.62. The van der Waals surface area contributed by atoms with Crippen molar-refractivity contribution in [1.82, 2.24) is 10.6 Å². The van der Waals surface area contributed by atoms with E-state index in [1.807, 2.05) is 6.07 Å². The normalized spacial score (nSPS) is 19.5. The summed E-state index contributed by atoms with van der Waals surface area (Å²) in [4.78, 5) is 12.0. The average molecular weight is 246 g/mol. The zero-order valence-corrected chi connectivity index (χ0v) is 11.0. The minimum atomic E-state index is 0.146. The van der Waals surface area contributed by atoms with Crippen molar-refractivity contribution in [2.75, 3.05) is 13.1 Å². The van der Waals surface area contributed by atoms with Gasteiger partial charge in [-0.25, -0.2) is 0 Å².